The molecule has 0 aliphatic heterocycles. The molecule has 0 unspecified atom stereocenters. The van der Waals surface area contributed by atoms with Gasteiger partial charge in [-0.25, -0.2) is 4.98 Å². The molecule has 4 rings (SSSR count). The summed E-state index contributed by atoms with van der Waals surface area (Å²) in [4.78, 5) is 46.1. The number of benzene rings is 3. The van der Waals surface area contributed by atoms with Crippen LogP contribution < -0.4 is 4.90 Å². The highest BCUT2D eigenvalue weighted by atomic mass is 35.5. The fraction of sp³-hybridized carbons (Fsp3) is 0.161. The van der Waals surface area contributed by atoms with Gasteiger partial charge in [0.2, 0.25) is 0 Å². The number of halogens is 2. The number of aliphatic carboxylic acids is 1. The number of pyridine rings is 1. The van der Waals surface area contributed by atoms with E-state index in [2.05, 4.69) is 4.98 Å². The lowest BCUT2D eigenvalue weighted by atomic mass is 9.94. The molecule has 7 nitrogen and oxygen atoms in total. The molecule has 1 heterocycles. The average Bonchev–Trinajstić information content (AvgIpc) is 2.97. The van der Waals surface area contributed by atoms with E-state index in [0.717, 1.165) is 5.56 Å². The predicted molar refractivity (Wildman–Crippen MR) is 157 cm³/mol. The highest BCUT2D eigenvalue weighted by molar-refractivity contribution is 6.35. The minimum absolute atomic E-state index is 0.0106. The summed E-state index contributed by atoms with van der Waals surface area (Å²) in [6, 6.07) is 24.5. The second-order valence-electron chi connectivity index (χ2n) is 9.06. The van der Waals surface area contributed by atoms with Crippen molar-refractivity contribution in [3.8, 4) is 11.1 Å². The van der Waals surface area contributed by atoms with Crippen molar-refractivity contribution < 1.29 is 19.5 Å². The van der Waals surface area contributed by atoms with Crippen molar-refractivity contribution in [1.29, 1.82) is 0 Å². The van der Waals surface area contributed by atoms with Crippen molar-refractivity contribution in [2.75, 3.05) is 25.0 Å². The van der Waals surface area contributed by atoms with Crippen LogP contribution in [0.25, 0.3) is 11.1 Å². The second kappa shape index (κ2) is 13.2. The van der Waals surface area contributed by atoms with Crippen LogP contribution in [-0.4, -0.2) is 52.9 Å². The summed E-state index contributed by atoms with van der Waals surface area (Å²) in [5, 5.41) is 10.3. The molecule has 0 atom stereocenters. The molecule has 0 bridgehead atoms. The zero-order valence-electron chi connectivity index (χ0n) is 21.8. The average molecular weight is 576 g/mol. The maximum absolute atomic E-state index is 13.9. The molecule has 1 aromatic heterocycles. The third-order valence-electron chi connectivity index (χ3n) is 6.45. The van der Waals surface area contributed by atoms with Gasteiger partial charge < -0.3 is 10.0 Å². The minimum Gasteiger partial charge on any atom is -0.481 e. The van der Waals surface area contributed by atoms with Gasteiger partial charge >= 0.3 is 5.97 Å². The molecule has 0 fully saturated rings. The molecule has 204 valence electrons. The molecule has 1 N–H and O–H groups in total. The van der Waals surface area contributed by atoms with Crippen LogP contribution in [0.5, 0.6) is 0 Å². The van der Waals surface area contributed by atoms with Gasteiger partial charge in [-0.15, -0.1) is 0 Å². The van der Waals surface area contributed by atoms with Gasteiger partial charge in [-0.1, -0.05) is 71.7 Å². The van der Waals surface area contributed by atoms with E-state index in [-0.39, 0.29) is 31.3 Å². The summed E-state index contributed by atoms with van der Waals surface area (Å²) < 4.78 is 0. The highest BCUT2D eigenvalue weighted by Crippen LogP contribution is 2.30. The quantitative estimate of drug-likeness (QED) is 0.233. The normalized spacial score (nSPS) is 10.7. The summed E-state index contributed by atoms with van der Waals surface area (Å²) in [6.07, 6.45) is 1.81. The Morgan fingerprint density at radius 3 is 2.02 bits per heavy atom. The van der Waals surface area contributed by atoms with Crippen molar-refractivity contribution >= 4 is 46.8 Å². The van der Waals surface area contributed by atoms with Crippen LogP contribution in [-0.2, 0) is 11.2 Å². The molecule has 0 radical (unpaired) electrons. The SMILES string of the molecule is CN(C(=O)c1ccccc1-c1ccccc1C(=O)N(CCC(=O)O)CCc1ccc(Cl)cc1Cl)c1ccccn1. The lowest BCUT2D eigenvalue weighted by Gasteiger charge is -2.24. The van der Waals surface area contributed by atoms with E-state index in [1.807, 2.05) is 0 Å². The van der Waals surface area contributed by atoms with E-state index in [9.17, 15) is 19.5 Å². The van der Waals surface area contributed by atoms with Crippen LogP contribution in [0.2, 0.25) is 10.0 Å². The molecule has 0 aliphatic carbocycles. The van der Waals surface area contributed by atoms with Gasteiger partial charge in [0, 0.05) is 47.5 Å². The summed E-state index contributed by atoms with van der Waals surface area (Å²) in [5.74, 6) is -1.14. The number of carboxylic acid groups (broad SMARTS) is 1. The summed E-state index contributed by atoms with van der Waals surface area (Å²) in [7, 11) is 1.65. The monoisotopic (exact) mass is 575 g/mol. The van der Waals surface area contributed by atoms with Gasteiger partial charge in [0.05, 0.1) is 6.42 Å². The lowest BCUT2D eigenvalue weighted by molar-refractivity contribution is -0.137. The van der Waals surface area contributed by atoms with Gasteiger partial charge in [-0.2, -0.15) is 0 Å². The third-order valence-corrected chi connectivity index (χ3v) is 7.04. The molecule has 40 heavy (non-hydrogen) atoms. The first-order valence-electron chi connectivity index (χ1n) is 12.6. The molecule has 0 aliphatic rings. The number of anilines is 1. The Labute approximate surface area is 242 Å². The number of aromatic nitrogens is 1. The summed E-state index contributed by atoms with van der Waals surface area (Å²) >= 11 is 12.4. The van der Waals surface area contributed by atoms with E-state index < -0.39 is 5.97 Å². The number of hydrogen-bond donors (Lipinski definition) is 1. The third kappa shape index (κ3) is 6.86. The molecule has 0 spiro atoms. The molecule has 0 saturated carbocycles. The first-order valence-corrected chi connectivity index (χ1v) is 13.3. The fourth-order valence-corrected chi connectivity index (χ4v) is 4.84. The Morgan fingerprint density at radius 2 is 1.43 bits per heavy atom. The molecule has 4 aromatic rings. The van der Waals surface area contributed by atoms with Crippen LogP contribution in [0.4, 0.5) is 5.82 Å². The number of nitrogens with zero attached hydrogens (tertiary/aromatic N) is 3. The van der Waals surface area contributed by atoms with E-state index >= 15 is 0 Å². The van der Waals surface area contributed by atoms with Crippen LogP contribution >= 0.6 is 23.2 Å². The smallest absolute Gasteiger partial charge is 0.305 e. The number of carbonyl (C=O) groups excluding carboxylic acids is 2. The topological polar surface area (TPSA) is 90.8 Å². The van der Waals surface area contributed by atoms with Gasteiger partial charge in [-0.3, -0.25) is 19.3 Å². The number of carbonyl (C=O) groups is 3. The Kier molecular flexibility index (Phi) is 9.53. The van der Waals surface area contributed by atoms with E-state index in [1.165, 1.54) is 9.80 Å². The molecule has 2 amide bonds. The van der Waals surface area contributed by atoms with E-state index in [4.69, 9.17) is 23.2 Å². The summed E-state index contributed by atoms with van der Waals surface area (Å²) in [5.41, 5.74) is 2.70. The van der Waals surface area contributed by atoms with Crippen molar-refractivity contribution in [3.63, 3.8) is 0 Å². The van der Waals surface area contributed by atoms with E-state index in [0.29, 0.717) is 44.5 Å². The number of amides is 2. The number of carboxylic acids is 1. The maximum Gasteiger partial charge on any atom is 0.305 e. The first-order chi connectivity index (χ1) is 19.3. The predicted octanol–water partition coefficient (Wildman–Crippen LogP) is 6.49. The van der Waals surface area contributed by atoms with Gasteiger partial charge in [0.1, 0.15) is 5.82 Å². The highest BCUT2D eigenvalue weighted by Gasteiger charge is 2.24. The van der Waals surface area contributed by atoms with Gasteiger partial charge in [0.15, 0.2) is 0 Å². The van der Waals surface area contributed by atoms with E-state index in [1.54, 1.807) is 98.2 Å². The van der Waals surface area contributed by atoms with Crippen LogP contribution in [0.1, 0.15) is 32.7 Å². The van der Waals surface area contributed by atoms with Crippen molar-refractivity contribution in [1.82, 2.24) is 9.88 Å². The summed E-state index contributed by atoms with van der Waals surface area (Å²) in [6.45, 7) is 0.251. The largest absolute Gasteiger partial charge is 0.481 e. The standard InChI is InChI=1S/C31H27Cl2N3O4/c1-35(28-12-6-7-17-34-28)30(39)25-10-4-2-8-23(25)24-9-3-5-11-26(24)31(40)36(19-16-29(37)38)18-15-21-13-14-22(32)20-27(21)33/h2-14,17,20H,15-16,18-19H2,1H3,(H,37,38). The van der Waals surface area contributed by atoms with Crippen molar-refractivity contribution in [2.45, 2.75) is 12.8 Å². The molecule has 0 saturated heterocycles. The fourth-order valence-electron chi connectivity index (χ4n) is 4.34. The van der Waals surface area contributed by atoms with Crippen LogP contribution in [0.15, 0.2) is 91.1 Å². The minimum atomic E-state index is -1.01. The van der Waals surface area contributed by atoms with Gasteiger partial charge in [-0.05, 0) is 59.5 Å². The van der Waals surface area contributed by atoms with Crippen LogP contribution in [0, 0.1) is 0 Å². The molecule has 3 aromatic carbocycles. The molecular formula is C31H27Cl2N3O4. The number of hydrogen-bond acceptors (Lipinski definition) is 4. The Bertz CT molecular complexity index is 1530. The number of rotatable bonds is 10. The zero-order chi connectivity index (χ0) is 28.6. The zero-order valence-corrected chi connectivity index (χ0v) is 23.3. The molecule has 9 heteroatoms. The Hall–Kier alpha value is -4.20. The van der Waals surface area contributed by atoms with Crippen molar-refractivity contribution in [3.05, 3.63) is 118 Å². The van der Waals surface area contributed by atoms with Crippen molar-refractivity contribution in [2.24, 2.45) is 0 Å². The Morgan fingerprint density at radius 1 is 0.800 bits per heavy atom. The first kappa shape index (κ1) is 28.8. The lowest BCUT2D eigenvalue weighted by Crippen LogP contribution is -2.35. The van der Waals surface area contributed by atoms with Crippen LogP contribution in [0.3, 0.4) is 0 Å². The Balaban J connectivity index is 1.68. The second-order valence-corrected chi connectivity index (χ2v) is 9.91. The van der Waals surface area contributed by atoms with Gasteiger partial charge in [0.25, 0.3) is 11.8 Å². The molecular weight excluding hydrogens is 549 g/mol. The maximum atomic E-state index is 13.9.